The molecule has 0 bridgehead atoms. The van der Waals surface area contributed by atoms with Crippen LogP contribution in [0.1, 0.15) is 12.8 Å². The zero-order chi connectivity index (χ0) is 26.6. The SMILES string of the molecule is COc1ccc(S(C)(=O)=O)cc1S(=O)(=O)NC1(C2CN(C(=O)OC(C(F)(F)F)C(F)(F)F)C2)CC1. The number of alkyl halides is 6. The molecule has 1 aromatic rings. The van der Waals surface area contributed by atoms with Gasteiger partial charge in [-0.2, -0.15) is 26.3 Å². The van der Waals surface area contributed by atoms with Gasteiger partial charge in [0.05, 0.1) is 12.0 Å². The molecule has 3 rings (SSSR count). The van der Waals surface area contributed by atoms with E-state index in [9.17, 15) is 48.0 Å². The lowest BCUT2D eigenvalue weighted by molar-refractivity contribution is -0.309. The Hall–Kier alpha value is -2.27. The van der Waals surface area contributed by atoms with Crippen LogP contribution in [0.4, 0.5) is 31.1 Å². The lowest BCUT2D eigenvalue weighted by atomic mass is 9.90. The van der Waals surface area contributed by atoms with E-state index < -0.39 is 60.8 Å². The van der Waals surface area contributed by atoms with Gasteiger partial charge in [-0.15, -0.1) is 0 Å². The van der Waals surface area contributed by atoms with Crippen molar-refractivity contribution in [2.75, 3.05) is 26.5 Å². The van der Waals surface area contributed by atoms with E-state index in [1.165, 1.54) is 7.11 Å². The predicted molar refractivity (Wildman–Crippen MR) is 106 cm³/mol. The van der Waals surface area contributed by atoms with Crippen LogP contribution in [0.15, 0.2) is 28.0 Å². The van der Waals surface area contributed by atoms with E-state index in [-0.39, 0.29) is 36.6 Å². The predicted octanol–water partition coefficient (Wildman–Crippen LogP) is 2.47. The quantitative estimate of drug-likeness (QED) is 0.515. The maximum absolute atomic E-state index is 13.0. The van der Waals surface area contributed by atoms with Crippen LogP contribution in [0, 0.1) is 5.92 Å². The minimum absolute atomic E-state index is 0.148. The lowest BCUT2D eigenvalue weighted by Gasteiger charge is -2.43. The van der Waals surface area contributed by atoms with Gasteiger partial charge in [0.1, 0.15) is 10.6 Å². The smallest absolute Gasteiger partial charge is 0.434 e. The van der Waals surface area contributed by atoms with E-state index in [2.05, 4.69) is 9.46 Å². The van der Waals surface area contributed by atoms with Gasteiger partial charge in [0.2, 0.25) is 10.0 Å². The number of sulfone groups is 1. The molecule has 9 nitrogen and oxygen atoms in total. The number of sulfonamides is 1. The summed E-state index contributed by atoms with van der Waals surface area (Å²) < 4.78 is 136. The molecule has 0 radical (unpaired) electrons. The standard InChI is InChI=1S/C18H20F6N2O7S2/c1-32-12-4-3-11(34(2,28)29)7-13(12)35(30,31)25-16(5-6-16)10-8-26(9-10)15(27)33-14(17(19,20)21)18(22,23)24/h3-4,7,10,14,25H,5-6,8-9H2,1-2H3. The highest BCUT2D eigenvalue weighted by Crippen LogP contribution is 2.48. The summed E-state index contributed by atoms with van der Waals surface area (Å²) >= 11 is 0. The van der Waals surface area contributed by atoms with Crippen molar-refractivity contribution >= 4 is 26.0 Å². The molecule has 0 spiro atoms. The fraction of sp³-hybridized carbons (Fsp3) is 0.611. The van der Waals surface area contributed by atoms with E-state index in [4.69, 9.17) is 4.74 Å². The summed E-state index contributed by atoms with van der Waals surface area (Å²) in [5, 5.41) is 0. The monoisotopic (exact) mass is 554 g/mol. The van der Waals surface area contributed by atoms with Crippen LogP contribution in [0.25, 0.3) is 0 Å². The Morgan fingerprint density at radius 1 is 1.09 bits per heavy atom. The zero-order valence-electron chi connectivity index (χ0n) is 18.1. The van der Waals surface area contributed by atoms with Crippen LogP contribution >= 0.6 is 0 Å². The van der Waals surface area contributed by atoms with Crippen LogP contribution in [0.3, 0.4) is 0 Å². The summed E-state index contributed by atoms with van der Waals surface area (Å²) in [5.41, 5.74) is -1.12. The number of hydrogen-bond donors (Lipinski definition) is 1. The third-order valence-corrected chi connectivity index (χ3v) is 8.40. The summed E-state index contributed by atoms with van der Waals surface area (Å²) in [6.45, 7) is -0.686. The number of carbonyl (C=O) groups excluding carboxylic acids is 1. The van der Waals surface area contributed by atoms with Crippen LogP contribution in [-0.2, 0) is 24.6 Å². The normalized spacial score (nSPS) is 18.8. The van der Waals surface area contributed by atoms with Gasteiger partial charge in [0, 0.05) is 30.8 Å². The van der Waals surface area contributed by atoms with Crippen molar-refractivity contribution in [3.63, 3.8) is 0 Å². The molecule has 1 aromatic carbocycles. The van der Waals surface area contributed by atoms with Crippen molar-refractivity contribution in [2.24, 2.45) is 5.92 Å². The van der Waals surface area contributed by atoms with Gasteiger partial charge < -0.3 is 14.4 Å². The molecule has 0 atom stereocenters. The molecule has 1 saturated carbocycles. The summed E-state index contributed by atoms with van der Waals surface area (Å²) in [6, 6.07) is 3.22. The van der Waals surface area contributed by atoms with E-state index in [1.54, 1.807) is 0 Å². The summed E-state index contributed by atoms with van der Waals surface area (Å²) in [6.07, 6.45) is -16.4. The van der Waals surface area contributed by atoms with Gasteiger partial charge in [-0.05, 0) is 31.0 Å². The molecule has 1 amide bonds. The van der Waals surface area contributed by atoms with E-state index in [0.717, 1.165) is 24.5 Å². The van der Waals surface area contributed by atoms with Gasteiger partial charge in [-0.25, -0.2) is 26.4 Å². The average molecular weight is 554 g/mol. The fourth-order valence-electron chi connectivity index (χ4n) is 3.62. The van der Waals surface area contributed by atoms with Gasteiger partial charge in [-0.3, -0.25) is 0 Å². The van der Waals surface area contributed by atoms with Crippen molar-refractivity contribution in [1.29, 1.82) is 0 Å². The number of rotatable bonds is 7. The Kier molecular flexibility index (Phi) is 6.78. The molecule has 2 fully saturated rings. The summed E-state index contributed by atoms with van der Waals surface area (Å²) in [5.74, 6) is -0.769. The summed E-state index contributed by atoms with van der Waals surface area (Å²) in [7, 11) is -6.96. The average Bonchev–Trinajstić information content (AvgIpc) is 3.40. The highest BCUT2D eigenvalue weighted by Gasteiger charge is 2.61. The third-order valence-electron chi connectivity index (χ3n) is 5.71. The second kappa shape index (κ2) is 8.69. The number of hydrogen-bond acceptors (Lipinski definition) is 7. The molecule has 2 aliphatic rings. The number of halogens is 6. The van der Waals surface area contributed by atoms with Gasteiger partial charge in [0.15, 0.2) is 9.84 Å². The molecule has 1 N–H and O–H groups in total. The summed E-state index contributed by atoms with van der Waals surface area (Å²) in [4.78, 5) is 11.7. The first-order chi connectivity index (χ1) is 15.8. The second-order valence-corrected chi connectivity index (χ2v) is 12.0. The van der Waals surface area contributed by atoms with E-state index >= 15 is 0 Å². The lowest BCUT2D eigenvalue weighted by Crippen LogP contribution is -2.61. The molecule has 1 heterocycles. The largest absolute Gasteiger partial charge is 0.495 e. The molecule has 1 saturated heterocycles. The van der Waals surface area contributed by atoms with Crippen molar-refractivity contribution in [3.05, 3.63) is 18.2 Å². The van der Waals surface area contributed by atoms with Gasteiger partial charge >= 0.3 is 18.4 Å². The second-order valence-electron chi connectivity index (χ2n) is 8.30. The van der Waals surface area contributed by atoms with Gasteiger partial charge in [-0.1, -0.05) is 0 Å². The van der Waals surface area contributed by atoms with E-state index in [1.807, 2.05) is 0 Å². The topological polar surface area (TPSA) is 119 Å². The molecule has 1 aliphatic heterocycles. The number of likely N-dealkylation sites (tertiary alicyclic amines) is 1. The Morgan fingerprint density at radius 2 is 1.63 bits per heavy atom. The number of nitrogens with one attached hydrogen (secondary N) is 1. The molecule has 198 valence electrons. The van der Waals surface area contributed by atoms with Crippen LogP contribution in [0.2, 0.25) is 0 Å². The molecule has 0 unspecified atom stereocenters. The Morgan fingerprint density at radius 3 is 2.06 bits per heavy atom. The van der Waals surface area contributed by atoms with Gasteiger partial charge in [0.25, 0.3) is 6.10 Å². The number of benzene rings is 1. The Labute approximate surface area is 196 Å². The molecule has 35 heavy (non-hydrogen) atoms. The number of amides is 1. The molecular weight excluding hydrogens is 534 g/mol. The molecule has 17 heteroatoms. The Bertz CT molecular complexity index is 1190. The number of ether oxygens (including phenoxy) is 2. The highest BCUT2D eigenvalue weighted by atomic mass is 32.2. The van der Waals surface area contributed by atoms with Crippen molar-refractivity contribution in [1.82, 2.24) is 9.62 Å². The van der Waals surface area contributed by atoms with Crippen molar-refractivity contribution < 1.29 is 57.4 Å². The number of nitrogens with zero attached hydrogens (tertiary/aromatic N) is 1. The van der Waals surface area contributed by atoms with Crippen LogP contribution < -0.4 is 9.46 Å². The number of methoxy groups -OCH3 is 1. The first kappa shape index (κ1) is 27.3. The number of carbonyl (C=O) groups is 1. The van der Waals surface area contributed by atoms with Crippen molar-refractivity contribution in [3.8, 4) is 5.75 Å². The van der Waals surface area contributed by atoms with E-state index in [0.29, 0.717) is 4.90 Å². The first-order valence-electron chi connectivity index (χ1n) is 9.81. The molecule has 0 aromatic heterocycles. The van der Waals surface area contributed by atoms with Crippen molar-refractivity contribution in [2.45, 2.75) is 46.6 Å². The highest BCUT2D eigenvalue weighted by molar-refractivity contribution is 7.91. The minimum atomic E-state index is -5.86. The third kappa shape index (κ3) is 5.77. The van der Waals surface area contributed by atoms with Crippen LogP contribution in [0.5, 0.6) is 5.75 Å². The Balaban J connectivity index is 1.72. The van der Waals surface area contributed by atoms with Crippen LogP contribution in [-0.4, -0.2) is 78.3 Å². The first-order valence-corrected chi connectivity index (χ1v) is 13.2. The zero-order valence-corrected chi connectivity index (χ0v) is 19.7. The maximum atomic E-state index is 13.0. The molecule has 1 aliphatic carbocycles. The fourth-order valence-corrected chi connectivity index (χ4v) is 6.06. The maximum Gasteiger partial charge on any atom is 0.434 e. The minimum Gasteiger partial charge on any atom is -0.495 e. The molecular formula is C18H20F6N2O7S2.